The number of benzene rings is 3. The van der Waals surface area contributed by atoms with Gasteiger partial charge in [0.1, 0.15) is 6.04 Å². The van der Waals surface area contributed by atoms with Crippen molar-refractivity contribution in [2.45, 2.75) is 22.8 Å². The van der Waals surface area contributed by atoms with Crippen LogP contribution in [-0.2, 0) is 14.8 Å². The first kappa shape index (κ1) is 22.8. The molecule has 3 aromatic carbocycles. The van der Waals surface area contributed by atoms with Gasteiger partial charge in [-0.05, 0) is 43.3 Å². The molecule has 0 aliphatic heterocycles. The van der Waals surface area contributed by atoms with Crippen LogP contribution < -0.4 is 9.62 Å². The van der Waals surface area contributed by atoms with E-state index in [9.17, 15) is 22.0 Å². The molecule has 0 saturated carbocycles. The minimum Gasteiger partial charge on any atom is -0.323 e. The Morgan fingerprint density at radius 2 is 1.61 bits per heavy atom. The SMILES string of the molecule is CC(C(=O)Nc1ccccc1Sc1ccccc1)N(c1ccc(F)c(F)c1)S(C)(=O)=O. The van der Waals surface area contributed by atoms with Gasteiger partial charge < -0.3 is 5.32 Å². The molecule has 1 amide bonds. The molecule has 1 unspecified atom stereocenters. The summed E-state index contributed by atoms with van der Waals surface area (Å²) in [6.07, 6.45) is 0.900. The number of rotatable bonds is 7. The fourth-order valence-electron chi connectivity index (χ4n) is 2.94. The first-order chi connectivity index (χ1) is 14.7. The van der Waals surface area contributed by atoms with E-state index in [4.69, 9.17) is 0 Å². The van der Waals surface area contributed by atoms with Crippen LogP contribution in [0.5, 0.6) is 0 Å². The molecule has 0 spiro atoms. The maximum Gasteiger partial charge on any atom is 0.248 e. The van der Waals surface area contributed by atoms with E-state index in [1.807, 2.05) is 42.5 Å². The standard InChI is InChI=1S/C22H20F2N2O3S2/c1-15(26(31(2,28)29)16-12-13-18(23)19(24)14-16)22(27)25-20-10-6-7-11-21(20)30-17-8-4-3-5-9-17/h3-15H,1-2H3,(H,25,27). The number of hydrogen-bond acceptors (Lipinski definition) is 4. The average Bonchev–Trinajstić information content (AvgIpc) is 2.72. The Kier molecular flexibility index (Phi) is 6.97. The number of hydrogen-bond donors (Lipinski definition) is 1. The van der Waals surface area contributed by atoms with Gasteiger partial charge in [-0.25, -0.2) is 17.2 Å². The van der Waals surface area contributed by atoms with Crippen molar-refractivity contribution in [1.29, 1.82) is 0 Å². The van der Waals surface area contributed by atoms with Crippen molar-refractivity contribution in [2.24, 2.45) is 0 Å². The molecule has 9 heteroatoms. The van der Waals surface area contributed by atoms with Crippen molar-refractivity contribution in [1.82, 2.24) is 0 Å². The highest BCUT2D eigenvalue weighted by Crippen LogP contribution is 2.33. The number of nitrogens with zero attached hydrogens (tertiary/aromatic N) is 1. The topological polar surface area (TPSA) is 66.5 Å². The van der Waals surface area contributed by atoms with Gasteiger partial charge in [-0.15, -0.1) is 0 Å². The van der Waals surface area contributed by atoms with Gasteiger partial charge in [-0.3, -0.25) is 9.10 Å². The zero-order valence-electron chi connectivity index (χ0n) is 16.7. The van der Waals surface area contributed by atoms with Crippen LogP contribution in [-0.4, -0.2) is 26.6 Å². The summed E-state index contributed by atoms with van der Waals surface area (Å²) in [4.78, 5) is 14.7. The Labute approximate surface area is 184 Å². The molecule has 0 bridgehead atoms. The molecule has 0 fully saturated rings. The molecule has 31 heavy (non-hydrogen) atoms. The van der Waals surface area contributed by atoms with Crippen LogP contribution in [0.1, 0.15) is 6.92 Å². The Bertz CT molecular complexity index is 1190. The van der Waals surface area contributed by atoms with Gasteiger partial charge in [-0.2, -0.15) is 0 Å². The second kappa shape index (κ2) is 9.49. The van der Waals surface area contributed by atoms with Crippen LogP contribution in [0, 0.1) is 11.6 Å². The number of carbonyl (C=O) groups is 1. The number of sulfonamides is 1. The van der Waals surface area contributed by atoms with Crippen LogP contribution in [0.4, 0.5) is 20.2 Å². The Morgan fingerprint density at radius 1 is 0.968 bits per heavy atom. The molecule has 0 heterocycles. The lowest BCUT2D eigenvalue weighted by atomic mass is 10.2. The summed E-state index contributed by atoms with van der Waals surface area (Å²) < 4.78 is 52.5. The number of anilines is 2. The highest BCUT2D eigenvalue weighted by molar-refractivity contribution is 7.99. The molecule has 0 aliphatic carbocycles. The molecule has 3 rings (SSSR count). The van der Waals surface area contributed by atoms with Crippen LogP contribution in [0.15, 0.2) is 82.6 Å². The van der Waals surface area contributed by atoms with Crippen LogP contribution >= 0.6 is 11.8 Å². The molecule has 0 radical (unpaired) electrons. The largest absolute Gasteiger partial charge is 0.323 e. The van der Waals surface area contributed by atoms with Crippen LogP contribution in [0.3, 0.4) is 0 Å². The van der Waals surface area contributed by atoms with Gasteiger partial charge in [0.2, 0.25) is 15.9 Å². The second-order valence-electron chi connectivity index (χ2n) is 6.73. The van der Waals surface area contributed by atoms with Gasteiger partial charge in [-0.1, -0.05) is 42.1 Å². The van der Waals surface area contributed by atoms with Crippen LogP contribution in [0.25, 0.3) is 0 Å². The third-order valence-corrected chi connectivity index (χ3v) is 6.69. The zero-order valence-corrected chi connectivity index (χ0v) is 18.4. The smallest absolute Gasteiger partial charge is 0.248 e. The number of para-hydroxylation sites is 1. The summed E-state index contributed by atoms with van der Waals surface area (Å²) in [7, 11) is -3.96. The number of nitrogens with one attached hydrogen (secondary N) is 1. The van der Waals surface area contributed by atoms with E-state index >= 15 is 0 Å². The summed E-state index contributed by atoms with van der Waals surface area (Å²) in [6, 6.07) is 18.1. The van der Waals surface area contributed by atoms with Crippen molar-refractivity contribution in [3.8, 4) is 0 Å². The van der Waals surface area contributed by atoms with Gasteiger partial charge in [0.05, 0.1) is 17.6 Å². The Hall–Kier alpha value is -2.91. The number of carbonyl (C=O) groups excluding carboxylic acids is 1. The lowest BCUT2D eigenvalue weighted by Crippen LogP contribution is -2.45. The first-order valence-electron chi connectivity index (χ1n) is 9.24. The molecule has 0 aromatic heterocycles. The number of halogens is 2. The highest BCUT2D eigenvalue weighted by Gasteiger charge is 2.30. The molecule has 0 saturated heterocycles. The van der Waals surface area contributed by atoms with Crippen molar-refractivity contribution in [3.05, 3.63) is 84.4 Å². The zero-order chi connectivity index (χ0) is 22.6. The van der Waals surface area contributed by atoms with E-state index < -0.39 is 33.6 Å². The average molecular weight is 463 g/mol. The van der Waals surface area contributed by atoms with Crippen molar-refractivity contribution < 1.29 is 22.0 Å². The van der Waals surface area contributed by atoms with Crippen molar-refractivity contribution in [3.63, 3.8) is 0 Å². The van der Waals surface area contributed by atoms with E-state index in [0.29, 0.717) is 5.69 Å². The fraction of sp³-hybridized carbons (Fsp3) is 0.136. The van der Waals surface area contributed by atoms with E-state index in [-0.39, 0.29) is 5.69 Å². The lowest BCUT2D eigenvalue weighted by molar-refractivity contribution is -0.116. The number of amides is 1. The fourth-order valence-corrected chi connectivity index (χ4v) is 5.03. The molecular formula is C22H20F2N2O3S2. The van der Waals surface area contributed by atoms with Gasteiger partial charge >= 0.3 is 0 Å². The van der Waals surface area contributed by atoms with E-state index in [0.717, 1.165) is 38.6 Å². The normalized spacial score (nSPS) is 12.3. The molecule has 5 nitrogen and oxygen atoms in total. The van der Waals surface area contributed by atoms with Gasteiger partial charge in [0.25, 0.3) is 0 Å². The second-order valence-corrected chi connectivity index (χ2v) is 9.71. The van der Waals surface area contributed by atoms with E-state index in [2.05, 4.69) is 5.32 Å². The molecule has 1 N–H and O–H groups in total. The minimum absolute atomic E-state index is 0.143. The monoisotopic (exact) mass is 462 g/mol. The Morgan fingerprint density at radius 3 is 2.26 bits per heavy atom. The van der Waals surface area contributed by atoms with Crippen molar-refractivity contribution in [2.75, 3.05) is 15.9 Å². The van der Waals surface area contributed by atoms with Crippen LogP contribution in [0.2, 0.25) is 0 Å². The lowest BCUT2D eigenvalue weighted by Gasteiger charge is -2.28. The maximum absolute atomic E-state index is 13.7. The molecule has 3 aromatic rings. The predicted molar refractivity (Wildman–Crippen MR) is 119 cm³/mol. The van der Waals surface area contributed by atoms with Crippen molar-refractivity contribution >= 4 is 39.1 Å². The van der Waals surface area contributed by atoms with E-state index in [1.54, 1.807) is 12.1 Å². The first-order valence-corrected chi connectivity index (χ1v) is 11.9. The highest BCUT2D eigenvalue weighted by atomic mass is 32.2. The molecular weight excluding hydrogens is 442 g/mol. The molecule has 0 aliphatic rings. The summed E-state index contributed by atoms with van der Waals surface area (Å²) in [6.45, 7) is 1.38. The van der Waals surface area contributed by atoms with Gasteiger partial charge in [0.15, 0.2) is 11.6 Å². The minimum atomic E-state index is -3.96. The quantitative estimate of drug-likeness (QED) is 0.542. The summed E-state index contributed by atoms with van der Waals surface area (Å²) in [5.41, 5.74) is 0.364. The maximum atomic E-state index is 13.7. The third-order valence-electron chi connectivity index (χ3n) is 4.36. The molecule has 162 valence electrons. The summed E-state index contributed by atoms with van der Waals surface area (Å²) in [5.74, 6) is -2.93. The molecule has 1 atom stereocenters. The third kappa shape index (κ3) is 5.62. The summed E-state index contributed by atoms with van der Waals surface area (Å²) in [5, 5.41) is 2.75. The van der Waals surface area contributed by atoms with Gasteiger partial charge in [0, 0.05) is 15.9 Å². The summed E-state index contributed by atoms with van der Waals surface area (Å²) >= 11 is 1.44. The Balaban J connectivity index is 1.87. The predicted octanol–water partition coefficient (Wildman–Crippen LogP) is 4.91. The van der Waals surface area contributed by atoms with E-state index in [1.165, 1.54) is 18.7 Å².